The minimum atomic E-state index is 0.619. The van der Waals surface area contributed by atoms with Crippen molar-refractivity contribution in [2.45, 2.75) is 581 Å². The van der Waals surface area contributed by atoms with Gasteiger partial charge in [-0.05, 0) is 135 Å². The number of rotatable bonds is 98. The van der Waals surface area contributed by atoms with E-state index in [1.807, 2.05) is 0 Å². The minimum Gasteiger partial charge on any atom is -0.490 e. The molecule has 0 atom stereocenters. The number of hydrogen-bond donors (Lipinski definition) is 2. The van der Waals surface area contributed by atoms with Crippen molar-refractivity contribution < 1.29 is 28.4 Å². The molecular formula is C128H214N4O6. The van der Waals surface area contributed by atoms with Crippen molar-refractivity contribution in [3.05, 3.63) is 83.4 Å². The van der Waals surface area contributed by atoms with Crippen molar-refractivity contribution in [1.29, 1.82) is 0 Å². The lowest BCUT2D eigenvalue weighted by Gasteiger charge is -2.19. The van der Waals surface area contributed by atoms with E-state index in [1.54, 1.807) is 0 Å². The van der Waals surface area contributed by atoms with Crippen LogP contribution in [0.3, 0.4) is 0 Å². The molecule has 3 aromatic heterocycles. The normalized spacial score (nSPS) is 11.9. The fourth-order valence-corrected chi connectivity index (χ4v) is 20.7. The lowest BCUT2D eigenvalue weighted by atomic mass is 10.0. The highest BCUT2D eigenvalue weighted by Crippen LogP contribution is 2.47. The van der Waals surface area contributed by atoms with Crippen LogP contribution in [0.4, 0.5) is 0 Å². The Labute approximate surface area is 850 Å². The van der Waals surface area contributed by atoms with Crippen molar-refractivity contribution in [1.82, 2.24) is 19.9 Å². The molecule has 0 unspecified atom stereocenters. The van der Waals surface area contributed by atoms with Crippen molar-refractivity contribution in [3.63, 3.8) is 0 Å². The number of ether oxygens (including phenoxy) is 6. The van der Waals surface area contributed by atoms with Gasteiger partial charge in [-0.25, -0.2) is 9.97 Å². The molecule has 2 aliphatic rings. The van der Waals surface area contributed by atoms with E-state index in [1.165, 1.54) is 462 Å². The average molecular weight is 1910 g/mol. The highest BCUT2D eigenvalue weighted by molar-refractivity contribution is 5.94. The Kier molecular flexibility index (Phi) is 72.5. The van der Waals surface area contributed by atoms with Gasteiger partial charge in [0.2, 0.25) is 11.5 Å². The van der Waals surface area contributed by atoms with E-state index in [0.29, 0.717) is 39.6 Å². The molecule has 0 radical (unpaired) electrons. The first-order valence-electron chi connectivity index (χ1n) is 60.7. The number of aromatic amines is 2. The second-order valence-corrected chi connectivity index (χ2v) is 42.5. The minimum absolute atomic E-state index is 0.619. The molecule has 782 valence electrons. The van der Waals surface area contributed by atoms with Gasteiger partial charge in [-0.2, -0.15) is 0 Å². The summed E-state index contributed by atoms with van der Waals surface area (Å²) in [5.41, 5.74) is 11.2. The van der Waals surface area contributed by atoms with E-state index in [-0.39, 0.29) is 0 Å². The molecule has 0 spiro atoms. The number of hydrogen-bond acceptors (Lipinski definition) is 8. The van der Waals surface area contributed by atoms with Crippen LogP contribution < -0.4 is 28.4 Å². The first-order valence-corrected chi connectivity index (χ1v) is 60.7. The lowest BCUT2D eigenvalue weighted by molar-refractivity contribution is 0.234. The maximum atomic E-state index is 7.14. The van der Waals surface area contributed by atoms with Gasteiger partial charge in [0.15, 0.2) is 23.0 Å². The quantitative estimate of drug-likeness (QED) is 0.0363. The predicted molar refractivity (Wildman–Crippen MR) is 605 cm³/mol. The smallest absolute Gasteiger partial charge is 0.203 e. The SMILES string of the molecule is CCCCCCCCCCCCCCCCOc1cc(-c2c3nc(cc4ccc([nH]4)c(-c4cc(OCCCCCCCCCCCCCCCC)c(OCCCCCCCCCCCCCCCC)c(OCCCCCCCCCCCCCCCC)c4)c4nc(cc5ccc2[nH]5)C=C4)C=C3)cc(OCCCCCCCCCCCCCCCC)c1OCCCCCCCCCCCCCCCC. The van der Waals surface area contributed by atoms with Crippen LogP contribution in [-0.4, -0.2) is 59.6 Å². The third-order valence-electron chi connectivity index (χ3n) is 29.5. The molecule has 2 aromatic carbocycles. The van der Waals surface area contributed by atoms with E-state index in [0.717, 1.165) is 179 Å². The molecule has 5 aromatic rings. The number of benzene rings is 2. The van der Waals surface area contributed by atoms with Crippen LogP contribution in [0.1, 0.15) is 604 Å². The molecule has 0 saturated heterocycles. The van der Waals surface area contributed by atoms with Crippen LogP contribution in [0, 0.1) is 0 Å². The maximum absolute atomic E-state index is 7.14. The molecule has 0 amide bonds. The van der Waals surface area contributed by atoms with E-state index in [4.69, 9.17) is 38.4 Å². The van der Waals surface area contributed by atoms with Crippen LogP contribution in [0.5, 0.6) is 34.5 Å². The highest BCUT2D eigenvalue weighted by Gasteiger charge is 2.24. The second kappa shape index (κ2) is 84.2. The van der Waals surface area contributed by atoms with Gasteiger partial charge in [-0.1, -0.05) is 542 Å². The summed E-state index contributed by atoms with van der Waals surface area (Å²) in [7, 11) is 0. The second-order valence-electron chi connectivity index (χ2n) is 42.5. The van der Waals surface area contributed by atoms with E-state index >= 15 is 0 Å². The molecule has 5 heterocycles. The summed E-state index contributed by atoms with van der Waals surface area (Å²) in [6.07, 6.45) is 120. The van der Waals surface area contributed by atoms with E-state index in [9.17, 15) is 0 Å². The maximum Gasteiger partial charge on any atom is 0.203 e. The molecule has 0 saturated carbocycles. The fraction of sp³-hybridized carbons (Fsp3) is 0.750. The monoisotopic (exact) mass is 1900 g/mol. The summed E-state index contributed by atoms with van der Waals surface area (Å²) in [4.78, 5) is 19.1. The molecule has 2 aliphatic heterocycles. The predicted octanol–water partition coefficient (Wildman–Crippen LogP) is 43.2. The summed E-state index contributed by atoms with van der Waals surface area (Å²) >= 11 is 0. The molecule has 7 rings (SSSR count). The third-order valence-corrected chi connectivity index (χ3v) is 29.5. The van der Waals surface area contributed by atoms with Gasteiger partial charge in [-0.3, -0.25) is 0 Å². The van der Waals surface area contributed by atoms with Crippen molar-refractivity contribution in [2.75, 3.05) is 39.6 Å². The van der Waals surface area contributed by atoms with Gasteiger partial charge in [0.25, 0.3) is 0 Å². The summed E-state index contributed by atoms with van der Waals surface area (Å²) in [6.45, 7) is 17.6. The Hall–Kier alpha value is -6.16. The van der Waals surface area contributed by atoms with Gasteiger partial charge in [0.05, 0.1) is 62.4 Å². The molecular weight excluding hydrogens is 1690 g/mol. The van der Waals surface area contributed by atoms with Crippen LogP contribution in [0.25, 0.3) is 68.6 Å². The Balaban J connectivity index is 1.20. The highest BCUT2D eigenvalue weighted by atomic mass is 16.5. The fourth-order valence-electron chi connectivity index (χ4n) is 20.7. The Morgan fingerprint density at radius 3 is 0.529 bits per heavy atom. The third kappa shape index (κ3) is 56.2. The molecule has 10 heteroatoms. The molecule has 138 heavy (non-hydrogen) atoms. The van der Waals surface area contributed by atoms with Crippen LogP contribution in [0.2, 0.25) is 0 Å². The van der Waals surface area contributed by atoms with Gasteiger partial charge in [0.1, 0.15) is 0 Å². The number of unbranched alkanes of at least 4 members (excludes halogenated alkanes) is 78. The first kappa shape index (κ1) is 119. The molecule has 8 bridgehead atoms. The lowest BCUT2D eigenvalue weighted by Crippen LogP contribution is -2.07. The number of aromatic nitrogens is 4. The Bertz CT molecular complexity index is 3580. The van der Waals surface area contributed by atoms with E-state index in [2.05, 4.69) is 136 Å². The largest absolute Gasteiger partial charge is 0.490 e. The molecule has 0 fully saturated rings. The van der Waals surface area contributed by atoms with Gasteiger partial charge in [0, 0.05) is 33.2 Å². The summed E-state index contributed by atoms with van der Waals surface area (Å²) in [6, 6.07) is 22.2. The molecule has 10 nitrogen and oxygen atoms in total. The van der Waals surface area contributed by atoms with Crippen LogP contribution >= 0.6 is 0 Å². The summed E-state index contributed by atoms with van der Waals surface area (Å²) < 4.78 is 42.8. The van der Waals surface area contributed by atoms with Crippen LogP contribution in [-0.2, 0) is 0 Å². The van der Waals surface area contributed by atoms with Crippen molar-refractivity contribution >= 4 is 46.4 Å². The number of H-pyrrole nitrogens is 2. The summed E-state index contributed by atoms with van der Waals surface area (Å²) in [5.74, 6) is 4.52. The van der Waals surface area contributed by atoms with Crippen LogP contribution in [0.15, 0.2) is 60.7 Å². The van der Waals surface area contributed by atoms with E-state index < -0.39 is 0 Å². The first-order chi connectivity index (χ1) is 68.5. The zero-order valence-corrected chi connectivity index (χ0v) is 91.1. The van der Waals surface area contributed by atoms with Gasteiger partial charge in [-0.15, -0.1) is 0 Å². The number of nitrogens with one attached hydrogen (secondary N) is 2. The number of fused-ring (bicyclic) bond motifs is 8. The standard InChI is InChI=1S/C128H214N4O6/c1-7-13-19-25-31-37-43-49-55-61-67-73-79-85-99-133-121-105-111(106-122(134-100-86-80-74-68-62-56-50-44-38-32-26-20-14-8-2)127(121)137-103-89-83-77-71-65-59-53-47-41-35-29-23-17-11-5)125-117-95-91-113(129-117)109-115-93-97-119(131-115)126(120-98-94-116(132-120)110-114-92-96-118(125)130-114)112-107-123(135-101-87-81-75-69-63-57-51-45-39-33-27-21-15-9-3)128(138-104-90-84-78-72-66-60-54-48-42-36-30-24-18-12-6)124(108-112)136-102-88-82-76-70-64-58-52-46-40-34-28-22-16-10-4/h91-98,105-110,129,132H,7-90,99-104H2,1-6H3. The summed E-state index contributed by atoms with van der Waals surface area (Å²) in [5, 5.41) is 0. The van der Waals surface area contributed by atoms with Gasteiger partial charge < -0.3 is 38.4 Å². The topological polar surface area (TPSA) is 113 Å². The van der Waals surface area contributed by atoms with Crippen molar-refractivity contribution in [3.8, 4) is 56.8 Å². The number of nitrogens with zero attached hydrogens (tertiary/aromatic N) is 2. The molecule has 0 aliphatic carbocycles. The zero-order chi connectivity index (χ0) is 97.0. The van der Waals surface area contributed by atoms with Gasteiger partial charge >= 0.3 is 0 Å². The molecule has 2 N–H and O–H groups in total. The Morgan fingerprint density at radius 1 is 0.181 bits per heavy atom. The van der Waals surface area contributed by atoms with Crippen molar-refractivity contribution in [2.24, 2.45) is 0 Å². The average Bonchev–Trinajstić information content (AvgIpc) is 1.61. The zero-order valence-electron chi connectivity index (χ0n) is 91.1. The Morgan fingerprint density at radius 2 is 0.348 bits per heavy atom.